The molecule has 0 radical (unpaired) electrons. The number of rotatable bonds is 5. The quantitative estimate of drug-likeness (QED) is 0.874. The third-order valence-electron chi connectivity index (χ3n) is 3.89. The molecule has 1 aliphatic heterocycles. The zero-order valence-corrected chi connectivity index (χ0v) is 13.3. The highest BCUT2D eigenvalue weighted by Crippen LogP contribution is 2.32. The summed E-state index contributed by atoms with van der Waals surface area (Å²) in [5.41, 5.74) is 1.31. The molecular weight excluding hydrogens is 308 g/mol. The van der Waals surface area contributed by atoms with Crippen LogP contribution in [0, 0.1) is 6.92 Å². The number of aryl methyl sites for hydroxylation is 1. The minimum Gasteiger partial charge on any atom is -0.454 e. The molecule has 0 atom stereocenters. The van der Waals surface area contributed by atoms with Crippen molar-refractivity contribution in [2.75, 3.05) is 12.1 Å². The number of hydrogen-bond donors (Lipinski definition) is 2. The zero-order chi connectivity index (χ0) is 16.5. The van der Waals surface area contributed by atoms with Gasteiger partial charge in [-0.25, -0.2) is 9.97 Å². The number of carbonyl (C=O) groups is 1. The number of amides is 1. The Bertz CT molecular complexity index is 789. The van der Waals surface area contributed by atoms with E-state index < -0.39 is 0 Å². The highest BCUT2D eigenvalue weighted by atomic mass is 16.7. The summed E-state index contributed by atoms with van der Waals surface area (Å²) in [6.07, 6.45) is 2.30. The van der Waals surface area contributed by atoms with Crippen molar-refractivity contribution in [3.05, 3.63) is 41.3 Å². The average Bonchev–Trinajstić information content (AvgIpc) is 3.25. The fraction of sp³-hybridized carbons (Fsp3) is 0.353. The molecule has 1 saturated carbocycles. The van der Waals surface area contributed by atoms with E-state index in [-0.39, 0.29) is 12.7 Å². The van der Waals surface area contributed by atoms with Crippen LogP contribution in [-0.4, -0.2) is 28.7 Å². The standard InChI is InChI=1S/C17H18N4O3/c1-10-19-13(7-16(20-10)21-12-3-4-12)17(22)18-8-11-2-5-14-15(6-11)24-9-23-14/h2,5-7,12H,3-4,8-9H2,1H3,(H,18,22)(H,19,20,21). The Morgan fingerprint density at radius 3 is 2.88 bits per heavy atom. The van der Waals surface area contributed by atoms with Gasteiger partial charge in [-0.05, 0) is 37.5 Å². The van der Waals surface area contributed by atoms with Crippen LogP contribution in [0.4, 0.5) is 5.82 Å². The van der Waals surface area contributed by atoms with Gasteiger partial charge >= 0.3 is 0 Å². The number of carbonyl (C=O) groups excluding carboxylic acids is 1. The predicted octanol–water partition coefficient (Wildman–Crippen LogP) is 2.02. The van der Waals surface area contributed by atoms with Crippen molar-refractivity contribution in [1.29, 1.82) is 0 Å². The number of hydrogen-bond acceptors (Lipinski definition) is 6. The van der Waals surface area contributed by atoms with Gasteiger partial charge in [-0.15, -0.1) is 0 Å². The number of nitrogens with one attached hydrogen (secondary N) is 2. The summed E-state index contributed by atoms with van der Waals surface area (Å²) in [5.74, 6) is 2.49. The molecule has 0 saturated heterocycles. The Hall–Kier alpha value is -2.83. The first kappa shape index (κ1) is 14.7. The zero-order valence-electron chi connectivity index (χ0n) is 13.3. The monoisotopic (exact) mass is 326 g/mol. The first-order chi connectivity index (χ1) is 11.7. The van der Waals surface area contributed by atoms with Crippen LogP contribution in [-0.2, 0) is 6.54 Å². The number of aromatic nitrogens is 2. The molecule has 1 aliphatic carbocycles. The molecule has 124 valence electrons. The summed E-state index contributed by atoms with van der Waals surface area (Å²) in [4.78, 5) is 20.9. The molecule has 7 heteroatoms. The second-order valence-corrected chi connectivity index (χ2v) is 5.97. The third kappa shape index (κ3) is 3.24. The van der Waals surface area contributed by atoms with E-state index >= 15 is 0 Å². The van der Waals surface area contributed by atoms with Crippen LogP contribution in [0.25, 0.3) is 0 Å². The van der Waals surface area contributed by atoms with Gasteiger partial charge in [0.15, 0.2) is 11.5 Å². The van der Waals surface area contributed by atoms with Gasteiger partial charge in [0.25, 0.3) is 5.91 Å². The maximum Gasteiger partial charge on any atom is 0.270 e. The molecule has 7 nitrogen and oxygen atoms in total. The van der Waals surface area contributed by atoms with Crippen molar-refractivity contribution in [2.45, 2.75) is 32.4 Å². The number of ether oxygens (including phenoxy) is 2. The van der Waals surface area contributed by atoms with Crippen molar-refractivity contribution in [1.82, 2.24) is 15.3 Å². The number of fused-ring (bicyclic) bond motifs is 1. The molecule has 1 aromatic carbocycles. The lowest BCUT2D eigenvalue weighted by Gasteiger charge is -2.09. The lowest BCUT2D eigenvalue weighted by atomic mass is 10.2. The number of benzene rings is 1. The van der Waals surface area contributed by atoms with Crippen molar-refractivity contribution >= 4 is 11.7 Å². The molecule has 2 N–H and O–H groups in total. The molecule has 0 bridgehead atoms. The SMILES string of the molecule is Cc1nc(NC2CC2)cc(C(=O)NCc2ccc3c(c2)OCO3)n1. The molecule has 1 fully saturated rings. The molecule has 1 aromatic heterocycles. The molecule has 24 heavy (non-hydrogen) atoms. The van der Waals surface area contributed by atoms with Gasteiger partial charge in [0.05, 0.1) is 0 Å². The smallest absolute Gasteiger partial charge is 0.270 e. The summed E-state index contributed by atoms with van der Waals surface area (Å²) in [5, 5.41) is 6.17. The molecule has 2 heterocycles. The van der Waals surface area contributed by atoms with E-state index in [0.717, 1.165) is 24.2 Å². The van der Waals surface area contributed by atoms with E-state index in [2.05, 4.69) is 20.6 Å². The summed E-state index contributed by atoms with van der Waals surface area (Å²) < 4.78 is 10.6. The molecule has 2 aliphatic rings. The van der Waals surface area contributed by atoms with E-state index in [1.807, 2.05) is 18.2 Å². The first-order valence-corrected chi connectivity index (χ1v) is 7.96. The van der Waals surface area contributed by atoms with Crippen LogP contribution < -0.4 is 20.1 Å². The van der Waals surface area contributed by atoms with E-state index in [0.29, 0.717) is 35.7 Å². The maximum absolute atomic E-state index is 12.4. The normalized spacial score (nSPS) is 15.2. The highest BCUT2D eigenvalue weighted by molar-refractivity contribution is 5.92. The maximum atomic E-state index is 12.4. The highest BCUT2D eigenvalue weighted by Gasteiger charge is 2.22. The van der Waals surface area contributed by atoms with E-state index in [9.17, 15) is 4.79 Å². The largest absolute Gasteiger partial charge is 0.454 e. The predicted molar refractivity (Wildman–Crippen MR) is 87.1 cm³/mol. The van der Waals surface area contributed by atoms with Gasteiger partial charge < -0.3 is 20.1 Å². The molecule has 2 aromatic rings. The number of anilines is 1. The van der Waals surface area contributed by atoms with Crippen LogP contribution in [0.15, 0.2) is 24.3 Å². The summed E-state index contributed by atoms with van der Waals surface area (Å²) in [6, 6.07) is 7.78. The molecule has 4 rings (SSSR count). The second kappa shape index (κ2) is 5.99. The topological polar surface area (TPSA) is 85.4 Å². The van der Waals surface area contributed by atoms with Crippen molar-refractivity contribution in [3.8, 4) is 11.5 Å². The van der Waals surface area contributed by atoms with Crippen molar-refractivity contribution < 1.29 is 14.3 Å². The second-order valence-electron chi connectivity index (χ2n) is 5.97. The summed E-state index contributed by atoms with van der Waals surface area (Å²) in [6.45, 7) is 2.42. The molecule has 1 amide bonds. The Labute approximate surface area is 139 Å². The van der Waals surface area contributed by atoms with Crippen molar-refractivity contribution in [3.63, 3.8) is 0 Å². The van der Waals surface area contributed by atoms with Gasteiger partial charge in [0, 0.05) is 18.7 Å². The first-order valence-electron chi connectivity index (χ1n) is 7.96. The average molecular weight is 326 g/mol. The Balaban J connectivity index is 1.43. The lowest BCUT2D eigenvalue weighted by Crippen LogP contribution is -2.24. The van der Waals surface area contributed by atoms with Crippen molar-refractivity contribution in [2.24, 2.45) is 0 Å². The van der Waals surface area contributed by atoms with Crippen LogP contribution in [0.1, 0.15) is 34.7 Å². The van der Waals surface area contributed by atoms with Gasteiger partial charge in [-0.3, -0.25) is 4.79 Å². The van der Waals surface area contributed by atoms with E-state index in [1.54, 1.807) is 13.0 Å². The minimum absolute atomic E-state index is 0.225. The molecule has 0 unspecified atom stereocenters. The Kier molecular flexibility index (Phi) is 3.68. The fourth-order valence-corrected chi connectivity index (χ4v) is 2.52. The van der Waals surface area contributed by atoms with E-state index in [1.165, 1.54) is 0 Å². The van der Waals surface area contributed by atoms with Gasteiger partial charge in [0.1, 0.15) is 17.3 Å². The lowest BCUT2D eigenvalue weighted by molar-refractivity contribution is 0.0945. The third-order valence-corrected chi connectivity index (χ3v) is 3.89. The minimum atomic E-state index is -0.225. The summed E-state index contributed by atoms with van der Waals surface area (Å²) in [7, 11) is 0. The van der Waals surface area contributed by atoms with Crippen LogP contribution in [0.3, 0.4) is 0 Å². The fourth-order valence-electron chi connectivity index (χ4n) is 2.52. The summed E-state index contributed by atoms with van der Waals surface area (Å²) >= 11 is 0. The van der Waals surface area contributed by atoms with Gasteiger partial charge in [0.2, 0.25) is 6.79 Å². The van der Waals surface area contributed by atoms with Gasteiger partial charge in [-0.1, -0.05) is 6.07 Å². The molecular formula is C17H18N4O3. The Morgan fingerprint density at radius 1 is 1.21 bits per heavy atom. The van der Waals surface area contributed by atoms with Crippen LogP contribution in [0.2, 0.25) is 0 Å². The number of nitrogens with zero attached hydrogens (tertiary/aromatic N) is 2. The van der Waals surface area contributed by atoms with Crippen LogP contribution in [0.5, 0.6) is 11.5 Å². The van der Waals surface area contributed by atoms with Gasteiger partial charge in [-0.2, -0.15) is 0 Å². The van der Waals surface area contributed by atoms with E-state index in [4.69, 9.17) is 9.47 Å². The van der Waals surface area contributed by atoms with Crippen LogP contribution >= 0.6 is 0 Å². The molecule has 0 spiro atoms. The Morgan fingerprint density at radius 2 is 2.04 bits per heavy atom.